The molecule has 2 fully saturated rings. The molecule has 4 heteroatoms. The van der Waals surface area contributed by atoms with E-state index in [1.165, 1.54) is 0 Å². The van der Waals surface area contributed by atoms with Gasteiger partial charge in [0, 0.05) is 25.3 Å². The molecule has 1 aliphatic heterocycles. The van der Waals surface area contributed by atoms with Crippen molar-refractivity contribution in [2.75, 3.05) is 13.2 Å². The predicted molar refractivity (Wildman–Crippen MR) is 98.1 cm³/mol. The first-order valence-corrected chi connectivity index (χ1v) is 9.65. The molecule has 2 atom stereocenters. The number of carbonyl (C=O) groups excluding carboxylic acids is 1. The first-order chi connectivity index (χ1) is 12.1. The van der Waals surface area contributed by atoms with Gasteiger partial charge in [0.05, 0.1) is 5.41 Å². The SMILES string of the molecule is CC(C)C1(C(=O)OCc2ccccc2)CCC(NC2CCOCC2)C1. The highest BCUT2D eigenvalue weighted by molar-refractivity contribution is 5.77. The molecule has 1 aliphatic carbocycles. The van der Waals surface area contributed by atoms with E-state index in [1.807, 2.05) is 30.3 Å². The van der Waals surface area contributed by atoms with E-state index in [0.717, 1.165) is 50.9 Å². The van der Waals surface area contributed by atoms with Crippen LogP contribution in [0, 0.1) is 11.3 Å². The smallest absolute Gasteiger partial charge is 0.312 e. The van der Waals surface area contributed by atoms with Gasteiger partial charge in [0.15, 0.2) is 0 Å². The van der Waals surface area contributed by atoms with E-state index in [0.29, 0.717) is 18.7 Å². The Kier molecular flexibility index (Phi) is 6.13. The van der Waals surface area contributed by atoms with Gasteiger partial charge in [-0.15, -0.1) is 0 Å². The maximum Gasteiger partial charge on any atom is 0.312 e. The van der Waals surface area contributed by atoms with Crippen LogP contribution in [-0.2, 0) is 20.9 Å². The van der Waals surface area contributed by atoms with Crippen molar-refractivity contribution in [1.29, 1.82) is 0 Å². The zero-order chi connectivity index (χ0) is 17.7. The molecule has 3 rings (SSSR count). The third-order valence-corrected chi connectivity index (χ3v) is 5.97. The lowest BCUT2D eigenvalue weighted by Crippen LogP contribution is -2.43. The highest BCUT2D eigenvalue weighted by Crippen LogP contribution is 2.45. The average molecular weight is 345 g/mol. The summed E-state index contributed by atoms with van der Waals surface area (Å²) in [6.45, 7) is 6.37. The van der Waals surface area contributed by atoms with Crippen LogP contribution in [0.1, 0.15) is 51.5 Å². The molecule has 2 unspecified atom stereocenters. The van der Waals surface area contributed by atoms with E-state index in [9.17, 15) is 4.79 Å². The summed E-state index contributed by atoms with van der Waals surface area (Å²) in [4.78, 5) is 12.9. The molecule has 0 amide bonds. The van der Waals surface area contributed by atoms with Crippen LogP contribution in [0.15, 0.2) is 30.3 Å². The van der Waals surface area contributed by atoms with E-state index in [1.54, 1.807) is 0 Å². The standard InChI is InChI=1S/C21H31NO3/c1-16(2)21(20(23)25-15-17-6-4-3-5-7-17)11-8-19(14-21)22-18-9-12-24-13-10-18/h3-7,16,18-19,22H,8-15H2,1-2H3. The monoisotopic (exact) mass is 345 g/mol. The van der Waals surface area contributed by atoms with Crippen LogP contribution in [0.4, 0.5) is 0 Å². The summed E-state index contributed by atoms with van der Waals surface area (Å²) < 4.78 is 11.2. The molecule has 0 bridgehead atoms. The van der Waals surface area contributed by atoms with Crippen LogP contribution in [0.25, 0.3) is 0 Å². The lowest BCUT2D eigenvalue weighted by Gasteiger charge is -2.32. The second-order valence-electron chi connectivity index (χ2n) is 7.87. The molecule has 0 spiro atoms. The normalized spacial score (nSPS) is 27.6. The van der Waals surface area contributed by atoms with E-state index >= 15 is 0 Å². The van der Waals surface area contributed by atoms with Gasteiger partial charge in [-0.2, -0.15) is 0 Å². The first kappa shape index (κ1) is 18.4. The molecule has 0 aromatic heterocycles. The van der Waals surface area contributed by atoms with E-state index in [-0.39, 0.29) is 17.3 Å². The van der Waals surface area contributed by atoms with Crippen LogP contribution >= 0.6 is 0 Å². The number of esters is 1. The summed E-state index contributed by atoms with van der Waals surface area (Å²) in [7, 11) is 0. The molecule has 2 aliphatic rings. The van der Waals surface area contributed by atoms with E-state index < -0.39 is 0 Å². The largest absolute Gasteiger partial charge is 0.460 e. The number of ether oxygens (including phenoxy) is 2. The van der Waals surface area contributed by atoms with Gasteiger partial charge >= 0.3 is 5.97 Å². The van der Waals surface area contributed by atoms with Crippen molar-refractivity contribution in [2.45, 2.75) is 64.6 Å². The Bertz CT molecular complexity index is 554. The van der Waals surface area contributed by atoms with Gasteiger partial charge in [-0.05, 0) is 43.6 Å². The minimum Gasteiger partial charge on any atom is -0.460 e. The van der Waals surface area contributed by atoms with Gasteiger partial charge in [0.25, 0.3) is 0 Å². The summed E-state index contributed by atoms with van der Waals surface area (Å²) >= 11 is 0. The maximum atomic E-state index is 12.9. The Labute approximate surface area is 151 Å². The molecule has 4 nitrogen and oxygen atoms in total. The van der Waals surface area contributed by atoms with Crippen molar-refractivity contribution in [3.05, 3.63) is 35.9 Å². The summed E-state index contributed by atoms with van der Waals surface area (Å²) in [6, 6.07) is 10.9. The number of benzene rings is 1. The molecule has 25 heavy (non-hydrogen) atoms. The van der Waals surface area contributed by atoms with Crippen LogP contribution in [0.5, 0.6) is 0 Å². The molecule has 1 N–H and O–H groups in total. The van der Waals surface area contributed by atoms with Gasteiger partial charge in [-0.3, -0.25) is 4.79 Å². The molecular formula is C21H31NO3. The number of hydrogen-bond acceptors (Lipinski definition) is 4. The minimum absolute atomic E-state index is 0.0253. The second kappa shape index (κ2) is 8.33. The molecule has 1 saturated heterocycles. The molecule has 1 heterocycles. The van der Waals surface area contributed by atoms with Crippen molar-refractivity contribution >= 4 is 5.97 Å². The van der Waals surface area contributed by atoms with Crippen LogP contribution in [-0.4, -0.2) is 31.3 Å². The third kappa shape index (κ3) is 4.42. The highest BCUT2D eigenvalue weighted by atomic mass is 16.5. The molecule has 138 valence electrons. The Hall–Kier alpha value is -1.39. The van der Waals surface area contributed by atoms with Gasteiger partial charge in [0.2, 0.25) is 0 Å². The minimum atomic E-state index is -0.350. The second-order valence-corrected chi connectivity index (χ2v) is 7.87. The lowest BCUT2D eigenvalue weighted by atomic mass is 9.75. The molecule has 1 aromatic rings. The summed E-state index contributed by atoms with van der Waals surface area (Å²) in [5.74, 6) is 0.264. The topological polar surface area (TPSA) is 47.6 Å². The molecular weight excluding hydrogens is 314 g/mol. The Morgan fingerprint density at radius 2 is 1.92 bits per heavy atom. The summed E-state index contributed by atoms with van der Waals surface area (Å²) in [5, 5.41) is 3.77. The maximum absolute atomic E-state index is 12.9. The first-order valence-electron chi connectivity index (χ1n) is 9.65. The van der Waals surface area contributed by atoms with Crippen molar-refractivity contribution in [1.82, 2.24) is 5.32 Å². The van der Waals surface area contributed by atoms with Crippen molar-refractivity contribution in [3.63, 3.8) is 0 Å². The zero-order valence-corrected chi connectivity index (χ0v) is 15.5. The fraction of sp³-hybridized carbons (Fsp3) is 0.667. The Balaban J connectivity index is 1.58. The zero-order valence-electron chi connectivity index (χ0n) is 15.5. The number of hydrogen-bond donors (Lipinski definition) is 1. The van der Waals surface area contributed by atoms with Crippen molar-refractivity contribution < 1.29 is 14.3 Å². The predicted octanol–water partition coefficient (Wildman–Crippen LogP) is 3.69. The van der Waals surface area contributed by atoms with Crippen LogP contribution < -0.4 is 5.32 Å². The highest BCUT2D eigenvalue weighted by Gasteiger charge is 2.49. The van der Waals surface area contributed by atoms with E-state index in [4.69, 9.17) is 9.47 Å². The Morgan fingerprint density at radius 1 is 1.20 bits per heavy atom. The molecule has 1 aromatic carbocycles. The number of rotatable bonds is 6. The van der Waals surface area contributed by atoms with Gasteiger partial charge < -0.3 is 14.8 Å². The van der Waals surface area contributed by atoms with E-state index in [2.05, 4.69) is 19.2 Å². The van der Waals surface area contributed by atoms with Gasteiger partial charge in [-0.1, -0.05) is 44.2 Å². The van der Waals surface area contributed by atoms with Gasteiger partial charge in [-0.25, -0.2) is 0 Å². The Morgan fingerprint density at radius 3 is 2.60 bits per heavy atom. The number of carbonyl (C=O) groups is 1. The summed E-state index contributed by atoms with van der Waals surface area (Å²) in [6.07, 6.45) is 5.00. The van der Waals surface area contributed by atoms with Gasteiger partial charge in [0.1, 0.15) is 6.61 Å². The van der Waals surface area contributed by atoms with Crippen LogP contribution in [0.2, 0.25) is 0 Å². The average Bonchev–Trinajstić information content (AvgIpc) is 3.07. The number of nitrogens with one attached hydrogen (secondary N) is 1. The fourth-order valence-electron chi connectivity index (χ4n) is 4.23. The fourth-order valence-corrected chi connectivity index (χ4v) is 4.23. The molecule has 0 radical (unpaired) electrons. The van der Waals surface area contributed by atoms with Crippen molar-refractivity contribution in [3.8, 4) is 0 Å². The molecule has 1 saturated carbocycles. The van der Waals surface area contributed by atoms with Crippen molar-refractivity contribution in [2.24, 2.45) is 11.3 Å². The van der Waals surface area contributed by atoms with Crippen LogP contribution in [0.3, 0.4) is 0 Å². The summed E-state index contributed by atoms with van der Waals surface area (Å²) in [5.41, 5.74) is 0.696. The quantitative estimate of drug-likeness (QED) is 0.799. The third-order valence-electron chi connectivity index (χ3n) is 5.97. The lowest BCUT2D eigenvalue weighted by molar-refractivity contribution is -0.160.